The zero-order chi connectivity index (χ0) is 23.2. The van der Waals surface area contributed by atoms with Crippen LogP contribution < -0.4 is 9.47 Å². The molecule has 1 saturated heterocycles. The third-order valence-electron chi connectivity index (χ3n) is 5.98. The molecule has 0 unspecified atom stereocenters. The molecule has 1 aliphatic rings. The van der Waals surface area contributed by atoms with Gasteiger partial charge in [0.15, 0.2) is 11.5 Å². The summed E-state index contributed by atoms with van der Waals surface area (Å²) in [6.07, 6.45) is 0.480. The van der Waals surface area contributed by atoms with Crippen LogP contribution in [0.2, 0.25) is 0 Å². The molecule has 174 valence electrons. The molecule has 7 heteroatoms. The maximum atomic E-state index is 12.7. The molecule has 0 aliphatic carbocycles. The van der Waals surface area contributed by atoms with Crippen molar-refractivity contribution in [3.05, 3.63) is 64.7 Å². The zero-order valence-electron chi connectivity index (χ0n) is 19.5. The van der Waals surface area contributed by atoms with Crippen molar-refractivity contribution in [2.75, 3.05) is 39.9 Å². The van der Waals surface area contributed by atoms with E-state index in [1.165, 1.54) is 5.56 Å². The number of rotatable bonds is 8. The van der Waals surface area contributed by atoms with E-state index in [0.29, 0.717) is 13.0 Å². The van der Waals surface area contributed by atoms with Gasteiger partial charge in [-0.15, -0.1) is 11.3 Å². The van der Waals surface area contributed by atoms with Crippen LogP contribution in [0.25, 0.3) is 10.6 Å². The number of carbonyl (C=O) groups is 1. The van der Waals surface area contributed by atoms with E-state index in [2.05, 4.69) is 23.3 Å². The molecular formula is C26H31N3O3S. The van der Waals surface area contributed by atoms with E-state index in [4.69, 9.17) is 14.5 Å². The van der Waals surface area contributed by atoms with E-state index < -0.39 is 0 Å². The summed E-state index contributed by atoms with van der Waals surface area (Å²) in [6.45, 7) is 8.67. The van der Waals surface area contributed by atoms with Crippen LogP contribution in [0.4, 0.5) is 0 Å². The topological polar surface area (TPSA) is 54.9 Å². The van der Waals surface area contributed by atoms with Gasteiger partial charge < -0.3 is 14.4 Å². The van der Waals surface area contributed by atoms with Gasteiger partial charge in [-0.2, -0.15) is 0 Å². The van der Waals surface area contributed by atoms with E-state index in [0.717, 1.165) is 66.1 Å². The highest BCUT2D eigenvalue weighted by Gasteiger charge is 2.22. The first-order valence-electron chi connectivity index (χ1n) is 11.4. The van der Waals surface area contributed by atoms with Crippen molar-refractivity contribution in [1.29, 1.82) is 0 Å². The molecule has 6 nitrogen and oxygen atoms in total. The van der Waals surface area contributed by atoms with E-state index >= 15 is 0 Å². The predicted molar refractivity (Wildman–Crippen MR) is 132 cm³/mol. The van der Waals surface area contributed by atoms with Crippen LogP contribution in [0.5, 0.6) is 11.5 Å². The van der Waals surface area contributed by atoms with Crippen molar-refractivity contribution in [3.8, 4) is 22.1 Å². The Morgan fingerprint density at radius 3 is 2.61 bits per heavy atom. The Morgan fingerprint density at radius 2 is 1.88 bits per heavy atom. The average molecular weight is 466 g/mol. The van der Waals surface area contributed by atoms with Crippen LogP contribution in [0.1, 0.15) is 23.7 Å². The van der Waals surface area contributed by atoms with E-state index in [9.17, 15) is 4.79 Å². The van der Waals surface area contributed by atoms with Crippen LogP contribution >= 0.6 is 11.3 Å². The van der Waals surface area contributed by atoms with Gasteiger partial charge in [-0.3, -0.25) is 9.69 Å². The quantitative estimate of drug-likeness (QED) is 0.493. The van der Waals surface area contributed by atoms with Crippen molar-refractivity contribution in [1.82, 2.24) is 14.8 Å². The number of amides is 1. The third-order valence-corrected chi connectivity index (χ3v) is 6.92. The summed E-state index contributed by atoms with van der Waals surface area (Å²) in [7, 11) is 1.65. The summed E-state index contributed by atoms with van der Waals surface area (Å²) in [4.78, 5) is 21.9. The standard InChI is InChI=1S/C26H31N3O3S/c1-4-32-23-10-9-21(15-24(23)31-3)26-27-22(18-33-26)17-28-11-13-29(14-12-28)25(30)16-20-8-6-5-7-19(20)2/h5-10,15,18H,4,11-14,16-17H2,1-3H3. The second-order valence-corrected chi connectivity index (χ2v) is 9.06. The highest BCUT2D eigenvalue weighted by molar-refractivity contribution is 7.13. The molecule has 0 N–H and O–H groups in total. The number of hydrogen-bond donors (Lipinski definition) is 0. The molecule has 2 heterocycles. The third kappa shape index (κ3) is 5.72. The van der Waals surface area contributed by atoms with Gasteiger partial charge in [-0.1, -0.05) is 24.3 Å². The number of nitrogens with zero attached hydrogens (tertiary/aromatic N) is 3. The van der Waals surface area contributed by atoms with Gasteiger partial charge in [-0.25, -0.2) is 4.98 Å². The largest absolute Gasteiger partial charge is 0.493 e. The zero-order valence-corrected chi connectivity index (χ0v) is 20.4. The second kappa shape index (κ2) is 10.8. The summed E-state index contributed by atoms with van der Waals surface area (Å²) >= 11 is 1.64. The Morgan fingerprint density at radius 1 is 1.09 bits per heavy atom. The molecule has 0 saturated carbocycles. The Kier molecular flexibility index (Phi) is 7.62. The molecule has 33 heavy (non-hydrogen) atoms. The van der Waals surface area contributed by atoms with Crippen molar-refractivity contribution in [3.63, 3.8) is 0 Å². The number of ether oxygens (including phenoxy) is 2. The van der Waals surface area contributed by atoms with Gasteiger partial charge in [0.05, 0.1) is 25.8 Å². The predicted octanol–water partition coefficient (Wildman–Crippen LogP) is 4.41. The summed E-state index contributed by atoms with van der Waals surface area (Å²) in [5.74, 6) is 1.68. The molecule has 0 radical (unpaired) electrons. The minimum atomic E-state index is 0.212. The molecule has 1 aromatic heterocycles. The number of thiazole rings is 1. The molecule has 2 aromatic carbocycles. The number of carbonyl (C=O) groups excluding carboxylic acids is 1. The molecule has 3 aromatic rings. The number of aromatic nitrogens is 1. The minimum Gasteiger partial charge on any atom is -0.493 e. The molecule has 1 aliphatic heterocycles. The summed E-state index contributed by atoms with van der Waals surface area (Å²) in [5, 5.41) is 3.09. The Bertz CT molecular complexity index is 1090. The average Bonchev–Trinajstić information content (AvgIpc) is 3.30. The van der Waals surface area contributed by atoms with Crippen molar-refractivity contribution < 1.29 is 14.3 Å². The number of aryl methyl sites for hydroxylation is 1. The molecule has 4 rings (SSSR count). The summed E-state index contributed by atoms with van der Waals surface area (Å²) < 4.78 is 11.1. The normalized spacial score (nSPS) is 14.3. The lowest BCUT2D eigenvalue weighted by Gasteiger charge is -2.34. The maximum absolute atomic E-state index is 12.7. The van der Waals surface area contributed by atoms with Crippen LogP contribution in [-0.4, -0.2) is 60.6 Å². The fourth-order valence-electron chi connectivity index (χ4n) is 4.06. The highest BCUT2D eigenvalue weighted by Crippen LogP contribution is 2.34. The minimum absolute atomic E-state index is 0.212. The highest BCUT2D eigenvalue weighted by atomic mass is 32.1. The summed E-state index contributed by atoms with van der Waals surface area (Å²) in [5.41, 5.74) is 4.38. The first-order valence-corrected chi connectivity index (χ1v) is 12.3. The van der Waals surface area contributed by atoms with E-state index in [-0.39, 0.29) is 5.91 Å². The van der Waals surface area contributed by atoms with Crippen LogP contribution in [0.3, 0.4) is 0 Å². The lowest BCUT2D eigenvalue weighted by Crippen LogP contribution is -2.48. The number of methoxy groups -OCH3 is 1. The molecule has 0 bridgehead atoms. The molecule has 0 spiro atoms. The van der Waals surface area contributed by atoms with Gasteiger partial charge in [0.2, 0.25) is 5.91 Å². The van der Waals surface area contributed by atoms with Gasteiger partial charge in [0, 0.05) is 43.7 Å². The van der Waals surface area contributed by atoms with Crippen molar-refractivity contribution in [2.24, 2.45) is 0 Å². The second-order valence-electron chi connectivity index (χ2n) is 8.20. The SMILES string of the molecule is CCOc1ccc(-c2nc(CN3CCN(C(=O)Cc4ccccc4C)CC3)cs2)cc1OC. The molecule has 0 atom stereocenters. The maximum Gasteiger partial charge on any atom is 0.227 e. The van der Waals surface area contributed by atoms with Crippen LogP contribution in [-0.2, 0) is 17.8 Å². The Hall–Kier alpha value is -2.90. The van der Waals surface area contributed by atoms with Gasteiger partial charge in [0.1, 0.15) is 5.01 Å². The smallest absolute Gasteiger partial charge is 0.227 e. The first-order chi connectivity index (χ1) is 16.1. The van der Waals surface area contributed by atoms with Crippen molar-refractivity contribution in [2.45, 2.75) is 26.8 Å². The van der Waals surface area contributed by atoms with Crippen LogP contribution in [0.15, 0.2) is 47.8 Å². The number of piperazine rings is 1. The number of hydrogen-bond acceptors (Lipinski definition) is 6. The fourth-order valence-corrected chi connectivity index (χ4v) is 4.86. The Labute approximate surface area is 199 Å². The first kappa shape index (κ1) is 23.3. The number of benzene rings is 2. The Balaban J connectivity index is 1.32. The van der Waals surface area contributed by atoms with E-state index in [1.807, 2.05) is 48.2 Å². The van der Waals surface area contributed by atoms with Gasteiger partial charge >= 0.3 is 0 Å². The van der Waals surface area contributed by atoms with Gasteiger partial charge in [0.25, 0.3) is 0 Å². The summed E-state index contributed by atoms with van der Waals surface area (Å²) in [6, 6.07) is 14.1. The molecular weight excluding hydrogens is 434 g/mol. The lowest BCUT2D eigenvalue weighted by atomic mass is 10.1. The fraction of sp³-hybridized carbons (Fsp3) is 0.385. The van der Waals surface area contributed by atoms with Crippen LogP contribution in [0, 0.1) is 6.92 Å². The molecule has 1 amide bonds. The van der Waals surface area contributed by atoms with E-state index in [1.54, 1.807) is 18.4 Å². The lowest BCUT2D eigenvalue weighted by molar-refractivity contribution is -0.132. The van der Waals surface area contributed by atoms with Crippen molar-refractivity contribution >= 4 is 17.2 Å². The van der Waals surface area contributed by atoms with Gasteiger partial charge in [-0.05, 0) is 43.2 Å². The monoisotopic (exact) mass is 465 g/mol. The molecule has 1 fully saturated rings.